The molecule has 0 aliphatic rings. The van der Waals surface area contributed by atoms with Crippen molar-refractivity contribution in [3.63, 3.8) is 0 Å². The van der Waals surface area contributed by atoms with E-state index in [1.807, 2.05) is 6.92 Å². The second-order valence-corrected chi connectivity index (χ2v) is 6.98. The Kier molecular flexibility index (Phi) is 6.64. The first-order chi connectivity index (χ1) is 11.9. The molecule has 7 heteroatoms. The third kappa shape index (κ3) is 5.63. The largest absolute Gasteiger partial charge is 0.455 e. The lowest BCUT2D eigenvalue weighted by Gasteiger charge is -2.07. The molecule has 0 saturated heterocycles. The molecule has 0 unspecified atom stereocenters. The van der Waals surface area contributed by atoms with Crippen LogP contribution < -0.4 is 5.32 Å². The van der Waals surface area contributed by atoms with Crippen molar-refractivity contribution in [1.29, 1.82) is 0 Å². The van der Waals surface area contributed by atoms with Crippen molar-refractivity contribution < 1.29 is 18.7 Å². The third-order valence-electron chi connectivity index (χ3n) is 3.47. The van der Waals surface area contributed by atoms with Gasteiger partial charge in [0.2, 0.25) is 0 Å². The number of aryl methyl sites for hydroxylation is 1. The first kappa shape index (κ1) is 19.1. The third-order valence-corrected chi connectivity index (χ3v) is 4.74. The summed E-state index contributed by atoms with van der Waals surface area (Å²) < 4.78 is 17.9. The highest BCUT2D eigenvalue weighted by Gasteiger charge is 2.12. The number of carbonyl (C=O) groups excluding carboxylic acids is 2. The van der Waals surface area contributed by atoms with Gasteiger partial charge in [0.25, 0.3) is 5.91 Å². The van der Waals surface area contributed by atoms with Crippen molar-refractivity contribution in [3.05, 3.63) is 40.7 Å². The Morgan fingerprint density at radius 2 is 1.96 bits per heavy atom. The van der Waals surface area contributed by atoms with Crippen LogP contribution in [0.2, 0.25) is 0 Å². The molecule has 0 aliphatic carbocycles. The van der Waals surface area contributed by atoms with E-state index in [0.717, 1.165) is 21.1 Å². The van der Waals surface area contributed by atoms with Gasteiger partial charge in [-0.15, -0.1) is 11.3 Å². The molecule has 5 nitrogen and oxygen atoms in total. The van der Waals surface area contributed by atoms with Gasteiger partial charge in [-0.05, 0) is 31.2 Å². The van der Waals surface area contributed by atoms with E-state index in [1.54, 1.807) is 26.0 Å². The second kappa shape index (κ2) is 8.71. The molecule has 0 bridgehead atoms. The quantitative estimate of drug-likeness (QED) is 0.767. The van der Waals surface area contributed by atoms with Crippen LogP contribution in [-0.4, -0.2) is 30.0 Å². The number of ether oxygens (including phenoxy) is 1. The minimum atomic E-state index is -0.391. The molecule has 0 radical (unpaired) electrons. The van der Waals surface area contributed by atoms with Crippen LogP contribution in [0.15, 0.2) is 24.3 Å². The number of esters is 1. The molecule has 0 saturated carbocycles. The Bertz CT molecular complexity index is 741. The molecule has 1 heterocycles. The molecule has 0 spiro atoms. The number of aromatic nitrogens is 1. The van der Waals surface area contributed by atoms with E-state index >= 15 is 0 Å². The topological polar surface area (TPSA) is 68.3 Å². The molecule has 25 heavy (non-hydrogen) atoms. The smallest absolute Gasteiger partial charge is 0.308 e. The zero-order valence-corrected chi connectivity index (χ0v) is 15.3. The van der Waals surface area contributed by atoms with Gasteiger partial charge in [-0.1, -0.05) is 13.8 Å². The summed E-state index contributed by atoms with van der Waals surface area (Å²) in [4.78, 5) is 28.5. The predicted octanol–water partition coefficient (Wildman–Crippen LogP) is 3.12. The highest BCUT2D eigenvalue weighted by atomic mass is 32.1. The van der Waals surface area contributed by atoms with Gasteiger partial charge in [0.15, 0.2) is 6.61 Å². The van der Waals surface area contributed by atoms with Gasteiger partial charge in [-0.25, -0.2) is 9.37 Å². The standard InChI is InChI=1S/C18H21FN2O3S/c1-11(2)18(23)24-10-16(22)20-9-8-15-12(3)21-17(25-15)13-4-6-14(19)7-5-13/h4-7,11H,8-10H2,1-3H3,(H,20,22). The number of benzene rings is 1. The zero-order chi connectivity index (χ0) is 18.4. The number of nitrogens with one attached hydrogen (secondary N) is 1. The molecule has 2 rings (SSSR count). The highest BCUT2D eigenvalue weighted by Crippen LogP contribution is 2.28. The van der Waals surface area contributed by atoms with Crippen molar-refractivity contribution in [2.75, 3.05) is 13.2 Å². The van der Waals surface area contributed by atoms with Crippen LogP contribution in [0.3, 0.4) is 0 Å². The van der Waals surface area contributed by atoms with Gasteiger partial charge in [-0.2, -0.15) is 0 Å². The van der Waals surface area contributed by atoms with Crippen molar-refractivity contribution in [1.82, 2.24) is 10.3 Å². The van der Waals surface area contributed by atoms with E-state index in [0.29, 0.717) is 13.0 Å². The van der Waals surface area contributed by atoms with Gasteiger partial charge in [0, 0.05) is 23.4 Å². The fourth-order valence-corrected chi connectivity index (χ4v) is 3.11. The Labute approximate surface area is 150 Å². The van der Waals surface area contributed by atoms with Crippen LogP contribution in [-0.2, 0) is 20.7 Å². The molecule has 2 aromatic rings. The molecule has 134 valence electrons. The van der Waals surface area contributed by atoms with Crippen LogP contribution in [0.25, 0.3) is 10.6 Å². The summed E-state index contributed by atoms with van der Waals surface area (Å²) in [6.07, 6.45) is 0.633. The van der Waals surface area contributed by atoms with E-state index in [9.17, 15) is 14.0 Å². The van der Waals surface area contributed by atoms with E-state index in [1.165, 1.54) is 23.5 Å². The lowest BCUT2D eigenvalue weighted by Crippen LogP contribution is -2.31. The monoisotopic (exact) mass is 364 g/mol. The fourth-order valence-electron chi connectivity index (χ4n) is 2.05. The van der Waals surface area contributed by atoms with E-state index in [-0.39, 0.29) is 24.2 Å². The van der Waals surface area contributed by atoms with Gasteiger partial charge < -0.3 is 10.1 Å². The summed E-state index contributed by atoms with van der Waals surface area (Å²) in [5.41, 5.74) is 1.76. The first-order valence-corrected chi connectivity index (χ1v) is 8.84. The number of thiazole rings is 1. The summed E-state index contributed by atoms with van der Waals surface area (Å²) in [5, 5.41) is 3.55. The lowest BCUT2D eigenvalue weighted by atomic mass is 10.2. The fraction of sp³-hybridized carbons (Fsp3) is 0.389. The van der Waals surface area contributed by atoms with Crippen LogP contribution in [0.4, 0.5) is 4.39 Å². The van der Waals surface area contributed by atoms with Crippen molar-refractivity contribution in [2.24, 2.45) is 5.92 Å². The molecule has 0 fully saturated rings. The zero-order valence-electron chi connectivity index (χ0n) is 14.5. The first-order valence-electron chi connectivity index (χ1n) is 8.02. The summed E-state index contributed by atoms with van der Waals surface area (Å²) >= 11 is 1.52. The van der Waals surface area contributed by atoms with E-state index in [2.05, 4.69) is 10.3 Å². The average Bonchev–Trinajstić information content (AvgIpc) is 2.94. The highest BCUT2D eigenvalue weighted by molar-refractivity contribution is 7.15. The number of rotatable bonds is 7. The molecule has 1 aromatic carbocycles. The van der Waals surface area contributed by atoms with Crippen LogP contribution in [0.5, 0.6) is 0 Å². The minimum Gasteiger partial charge on any atom is -0.455 e. The summed E-state index contributed by atoms with van der Waals surface area (Å²) in [6, 6.07) is 6.21. The SMILES string of the molecule is Cc1nc(-c2ccc(F)cc2)sc1CCNC(=O)COC(=O)C(C)C. The van der Waals surface area contributed by atoms with Gasteiger partial charge in [-0.3, -0.25) is 9.59 Å². The van der Waals surface area contributed by atoms with Gasteiger partial charge in [0.1, 0.15) is 10.8 Å². The van der Waals surface area contributed by atoms with Crippen molar-refractivity contribution in [3.8, 4) is 10.6 Å². The molecular weight excluding hydrogens is 343 g/mol. The normalized spacial score (nSPS) is 10.8. The maximum absolute atomic E-state index is 13.0. The van der Waals surface area contributed by atoms with Crippen LogP contribution in [0.1, 0.15) is 24.4 Å². The van der Waals surface area contributed by atoms with Crippen molar-refractivity contribution >= 4 is 23.2 Å². The Morgan fingerprint density at radius 3 is 2.60 bits per heavy atom. The Balaban J connectivity index is 1.84. The number of nitrogens with zero attached hydrogens (tertiary/aromatic N) is 1. The molecule has 0 aliphatic heterocycles. The van der Waals surface area contributed by atoms with Gasteiger partial charge in [0.05, 0.1) is 11.6 Å². The molecular formula is C18H21FN2O3S. The second-order valence-electron chi connectivity index (χ2n) is 5.90. The number of halogens is 1. The minimum absolute atomic E-state index is 0.252. The molecule has 1 N–H and O–H groups in total. The van der Waals surface area contributed by atoms with E-state index < -0.39 is 5.97 Å². The number of carbonyl (C=O) groups is 2. The Morgan fingerprint density at radius 1 is 1.28 bits per heavy atom. The number of hydrogen-bond donors (Lipinski definition) is 1. The van der Waals surface area contributed by atoms with Gasteiger partial charge >= 0.3 is 5.97 Å². The van der Waals surface area contributed by atoms with E-state index in [4.69, 9.17) is 4.74 Å². The number of amides is 1. The summed E-state index contributed by atoms with van der Waals surface area (Å²) in [7, 11) is 0. The average molecular weight is 364 g/mol. The lowest BCUT2D eigenvalue weighted by molar-refractivity contribution is -0.151. The number of hydrogen-bond acceptors (Lipinski definition) is 5. The van der Waals surface area contributed by atoms with Crippen LogP contribution >= 0.6 is 11.3 Å². The summed E-state index contributed by atoms with van der Waals surface area (Å²) in [6.45, 7) is 5.51. The maximum Gasteiger partial charge on any atom is 0.308 e. The maximum atomic E-state index is 13.0. The molecule has 1 aromatic heterocycles. The van der Waals surface area contributed by atoms with Crippen molar-refractivity contribution in [2.45, 2.75) is 27.2 Å². The van der Waals surface area contributed by atoms with Crippen LogP contribution in [0, 0.1) is 18.7 Å². The summed E-state index contributed by atoms with van der Waals surface area (Å²) in [5.74, 6) is -1.25. The molecule has 1 amide bonds. The molecule has 0 atom stereocenters. The Hall–Kier alpha value is -2.28. The predicted molar refractivity (Wildman–Crippen MR) is 94.8 cm³/mol.